The average Bonchev–Trinajstić information content (AvgIpc) is 2.36. The van der Waals surface area contributed by atoms with Crippen LogP contribution in [-0.2, 0) is 0 Å². The summed E-state index contributed by atoms with van der Waals surface area (Å²) in [6.07, 6.45) is 10.2. The largest absolute Gasteiger partial charge is 0.390 e. The van der Waals surface area contributed by atoms with Crippen LogP contribution in [0, 0.1) is 17.3 Å². The monoisotopic (exact) mass is 224 g/mol. The molecule has 0 saturated heterocycles. The second-order valence-corrected chi connectivity index (χ2v) is 7.26. The maximum absolute atomic E-state index is 10.8. The first kappa shape index (κ1) is 12.4. The van der Waals surface area contributed by atoms with E-state index < -0.39 is 0 Å². The van der Waals surface area contributed by atoms with E-state index in [-0.39, 0.29) is 5.60 Å². The maximum atomic E-state index is 10.8. The van der Waals surface area contributed by atoms with Gasteiger partial charge in [-0.15, -0.1) is 0 Å². The Hall–Kier alpha value is -0.0400. The van der Waals surface area contributed by atoms with Gasteiger partial charge in [-0.3, -0.25) is 0 Å². The summed E-state index contributed by atoms with van der Waals surface area (Å²) in [6, 6.07) is 0. The molecule has 2 aliphatic rings. The molecular formula is C15H28O. The fraction of sp³-hybridized carbons (Fsp3) is 1.00. The van der Waals surface area contributed by atoms with Gasteiger partial charge in [-0.05, 0) is 36.5 Å². The van der Waals surface area contributed by atoms with Crippen molar-refractivity contribution in [1.82, 2.24) is 0 Å². The number of hydrogen-bond donors (Lipinski definition) is 1. The highest BCUT2D eigenvalue weighted by atomic mass is 16.3. The van der Waals surface area contributed by atoms with Crippen LogP contribution >= 0.6 is 0 Å². The Labute approximate surface area is 101 Å². The predicted molar refractivity (Wildman–Crippen MR) is 68.3 cm³/mol. The molecule has 0 aromatic carbocycles. The van der Waals surface area contributed by atoms with E-state index >= 15 is 0 Å². The normalized spacial score (nSPS) is 40.1. The highest BCUT2D eigenvalue weighted by molar-refractivity contribution is 4.99. The van der Waals surface area contributed by atoms with E-state index in [1.165, 1.54) is 38.5 Å². The van der Waals surface area contributed by atoms with Crippen LogP contribution in [0.25, 0.3) is 0 Å². The molecule has 0 aromatic heterocycles. The third-order valence-electron chi connectivity index (χ3n) is 4.93. The number of hydrogen-bond acceptors (Lipinski definition) is 1. The summed E-state index contributed by atoms with van der Waals surface area (Å²) in [6.45, 7) is 6.86. The molecule has 0 heterocycles. The Morgan fingerprint density at radius 3 is 2.25 bits per heavy atom. The van der Waals surface area contributed by atoms with Gasteiger partial charge in [0.15, 0.2) is 0 Å². The average molecular weight is 224 g/mol. The molecular weight excluding hydrogens is 196 g/mol. The van der Waals surface area contributed by atoms with E-state index in [2.05, 4.69) is 20.8 Å². The lowest BCUT2D eigenvalue weighted by Crippen LogP contribution is -2.35. The maximum Gasteiger partial charge on any atom is 0.0681 e. The van der Waals surface area contributed by atoms with E-state index in [1.807, 2.05) is 0 Å². The third kappa shape index (κ3) is 2.61. The molecule has 0 bridgehead atoms. The molecule has 1 N–H and O–H groups in total. The van der Waals surface area contributed by atoms with Crippen LogP contribution in [0.15, 0.2) is 0 Å². The third-order valence-corrected chi connectivity index (χ3v) is 4.93. The van der Waals surface area contributed by atoms with E-state index in [9.17, 15) is 5.11 Å². The van der Waals surface area contributed by atoms with E-state index in [0.717, 1.165) is 18.8 Å². The second-order valence-electron chi connectivity index (χ2n) is 7.26. The van der Waals surface area contributed by atoms with Crippen LogP contribution in [0.5, 0.6) is 0 Å². The van der Waals surface area contributed by atoms with Crippen LogP contribution in [0.2, 0.25) is 0 Å². The fourth-order valence-electron chi connectivity index (χ4n) is 4.26. The molecule has 2 fully saturated rings. The van der Waals surface area contributed by atoms with Crippen molar-refractivity contribution < 1.29 is 5.11 Å². The van der Waals surface area contributed by atoms with Gasteiger partial charge < -0.3 is 5.11 Å². The molecule has 0 spiro atoms. The van der Waals surface area contributed by atoms with Crippen molar-refractivity contribution >= 4 is 0 Å². The topological polar surface area (TPSA) is 20.2 Å². The van der Waals surface area contributed by atoms with Crippen LogP contribution in [0.3, 0.4) is 0 Å². The quantitative estimate of drug-likeness (QED) is 0.747. The minimum Gasteiger partial charge on any atom is -0.390 e. The van der Waals surface area contributed by atoms with Crippen LogP contribution < -0.4 is 0 Å². The summed E-state index contributed by atoms with van der Waals surface area (Å²) in [7, 11) is 0. The van der Waals surface area contributed by atoms with Gasteiger partial charge in [-0.25, -0.2) is 0 Å². The highest BCUT2D eigenvalue weighted by Gasteiger charge is 2.47. The molecule has 2 saturated carbocycles. The predicted octanol–water partition coefficient (Wildman–Crippen LogP) is 4.14. The lowest BCUT2D eigenvalue weighted by molar-refractivity contribution is -0.0225. The lowest BCUT2D eigenvalue weighted by atomic mass is 9.77. The Kier molecular flexibility index (Phi) is 3.36. The zero-order valence-corrected chi connectivity index (χ0v) is 11.3. The first-order valence-electron chi connectivity index (χ1n) is 7.14. The molecule has 0 amide bonds. The van der Waals surface area contributed by atoms with Crippen molar-refractivity contribution in [3.63, 3.8) is 0 Å². The molecule has 2 unspecified atom stereocenters. The first-order chi connectivity index (χ1) is 7.41. The Bertz CT molecular complexity index is 240. The SMILES string of the molecule is CC1CC(C)(C)CC1(O)CC1CCCCC1. The summed E-state index contributed by atoms with van der Waals surface area (Å²) < 4.78 is 0. The standard InChI is InChI=1S/C15H28O/c1-12-9-14(2,3)11-15(12,16)10-13-7-5-4-6-8-13/h12-13,16H,4-11H2,1-3H3. The molecule has 2 atom stereocenters. The minimum atomic E-state index is -0.356. The molecule has 0 radical (unpaired) electrons. The Balaban J connectivity index is 1.96. The molecule has 2 rings (SSSR count). The van der Waals surface area contributed by atoms with Crippen molar-refractivity contribution in [2.75, 3.05) is 0 Å². The summed E-state index contributed by atoms with van der Waals surface area (Å²) in [4.78, 5) is 0. The van der Waals surface area contributed by atoms with Crippen LogP contribution in [-0.4, -0.2) is 10.7 Å². The smallest absolute Gasteiger partial charge is 0.0681 e. The molecule has 1 heteroatoms. The van der Waals surface area contributed by atoms with Gasteiger partial charge in [-0.2, -0.15) is 0 Å². The van der Waals surface area contributed by atoms with Crippen molar-refractivity contribution in [3.8, 4) is 0 Å². The van der Waals surface area contributed by atoms with Crippen molar-refractivity contribution in [2.45, 2.75) is 77.7 Å². The fourth-order valence-corrected chi connectivity index (χ4v) is 4.26. The van der Waals surface area contributed by atoms with Gasteiger partial charge in [0.2, 0.25) is 0 Å². The lowest BCUT2D eigenvalue weighted by Gasteiger charge is -2.34. The molecule has 2 aliphatic carbocycles. The molecule has 94 valence electrons. The van der Waals surface area contributed by atoms with Crippen molar-refractivity contribution in [3.05, 3.63) is 0 Å². The van der Waals surface area contributed by atoms with Gasteiger partial charge in [-0.1, -0.05) is 52.9 Å². The van der Waals surface area contributed by atoms with Crippen molar-refractivity contribution in [2.24, 2.45) is 17.3 Å². The van der Waals surface area contributed by atoms with E-state index in [1.54, 1.807) is 0 Å². The minimum absolute atomic E-state index is 0.350. The number of rotatable bonds is 2. The number of aliphatic hydroxyl groups is 1. The Morgan fingerprint density at radius 1 is 1.12 bits per heavy atom. The summed E-state index contributed by atoms with van der Waals surface area (Å²) in [5, 5.41) is 10.8. The molecule has 16 heavy (non-hydrogen) atoms. The molecule has 0 aliphatic heterocycles. The van der Waals surface area contributed by atoms with Crippen LogP contribution in [0.1, 0.15) is 72.1 Å². The van der Waals surface area contributed by atoms with Gasteiger partial charge in [0.05, 0.1) is 5.60 Å². The Morgan fingerprint density at radius 2 is 1.75 bits per heavy atom. The summed E-state index contributed by atoms with van der Waals surface area (Å²) in [5.41, 5.74) is -0.00561. The van der Waals surface area contributed by atoms with Gasteiger partial charge in [0.1, 0.15) is 0 Å². The van der Waals surface area contributed by atoms with Crippen LogP contribution in [0.4, 0.5) is 0 Å². The molecule has 1 nitrogen and oxygen atoms in total. The highest BCUT2D eigenvalue weighted by Crippen LogP contribution is 2.51. The zero-order chi connectivity index (χ0) is 11.8. The van der Waals surface area contributed by atoms with Gasteiger partial charge in [0.25, 0.3) is 0 Å². The van der Waals surface area contributed by atoms with Gasteiger partial charge in [0, 0.05) is 0 Å². The zero-order valence-electron chi connectivity index (χ0n) is 11.3. The van der Waals surface area contributed by atoms with E-state index in [0.29, 0.717) is 11.3 Å². The summed E-state index contributed by atoms with van der Waals surface area (Å²) >= 11 is 0. The second kappa shape index (κ2) is 4.33. The van der Waals surface area contributed by atoms with Crippen molar-refractivity contribution in [1.29, 1.82) is 0 Å². The van der Waals surface area contributed by atoms with Gasteiger partial charge >= 0.3 is 0 Å². The van der Waals surface area contributed by atoms with E-state index in [4.69, 9.17) is 0 Å². The summed E-state index contributed by atoms with van der Waals surface area (Å²) in [5.74, 6) is 1.29. The first-order valence-corrected chi connectivity index (χ1v) is 7.14. The molecule has 0 aromatic rings.